The van der Waals surface area contributed by atoms with E-state index in [1.165, 1.54) is 25.7 Å². The van der Waals surface area contributed by atoms with E-state index in [1.54, 1.807) is 22.3 Å². The molecule has 1 aromatic carbocycles. The average molecular weight is 299 g/mol. The minimum absolute atomic E-state index is 0.317. The minimum Gasteiger partial charge on any atom is -0.0558 e. The predicted molar refractivity (Wildman–Crippen MR) is 97.0 cm³/mol. The number of hydrogen-bond donors (Lipinski definition) is 0. The van der Waals surface area contributed by atoms with E-state index in [9.17, 15) is 0 Å². The van der Waals surface area contributed by atoms with Crippen molar-refractivity contribution in [3.05, 3.63) is 34.4 Å². The fourth-order valence-corrected chi connectivity index (χ4v) is 4.63. The first kappa shape index (κ1) is 16.1. The predicted octanol–water partition coefficient (Wildman–Crippen LogP) is 6.38. The van der Waals surface area contributed by atoms with Gasteiger partial charge in [0, 0.05) is 0 Å². The van der Waals surface area contributed by atoms with Crippen LogP contribution >= 0.6 is 0 Å². The molecule has 2 aliphatic rings. The molecule has 0 saturated carbocycles. The van der Waals surface area contributed by atoms with Gasteiger partial charge in [-0.2, -0.15) is 0 Å². The summed E-state index contributed by atoms with van der Waals surface area (Å²) in [5.41, 5.74) is 7.74. The second-order valence-corrected chi connectivity index (χ2v) is 10.5. The molecule has 0 bridgehead atoms. The van der Waals surface area contributed by atoms with Crippen molar-refractivity contribution in [2.75, 3.05) is 0 Å². The van der Waals surface area contributed by atoms with Gasteiger partial charge in [-0.1, -0.05) is 67.5 Å². The Morgan fingerprint density at radius 3 is 0.818 bits per heavy atom. The summed E-state index contributed by atoms with van der Waals surface area (Å²) in [4.78, 5) is 0. The lowest BCUT2D eigenvalue weighted by Crippen LogP contribution is -2.38. The SMILES string of the molecule is CC1(C)CCC(C)(C)c2cc3c(cc21)C(C)(C)CCC3(C)C. The molecule has 22 heavy (non-hydrogen) atoms. The fraction of sp³-hybridized carbons (Fsp3) is 0.727. The molecule has 0 heterocycles. The lowest BCUT2D eigenvalue weighted by atomic mass is 9.57. The van der Waals surface area contributed by atoms with Gasteiger partial charge in [-0.15, -0.1) is 0 Å². The van der Waals surface area contributed by atoms with Crippen LogP contribution in [0.3, 0.4) is 0 Å². The molecule has 0 spiro atoms. The summed E-state index contributed by atoms with van der Waals surface area (Å²) in [5.74, 6) is 0. The Morgan fingerprint density at radius 1 is 0.455 bits per heavy atom. The first-order valence-corrected chi connectivity index (χ1v) is 9.07. The smallest absolute Gasteiger partial charge is 0.0100 e. The Hall–Kier alpha value is -0.780. The Bertz CT molecular complexity index is 505. The molecule has 0 N–H and O–H groups in total. The molecule has 0 saturated heterocycles. The highest BCUT2D eigenvalue weighted by atomic mass is 14.5. The van der Waals surface area contributed by atoms with E-state index in [2.05, 4.69) is 67.5 Å². The highest BCUT2D eigenvalue weighted by Gasteiger charge is 2.42. The Balaban J connectivity index is 2.33. The molecule has 3 rings (SSSR count). The first-order valence-electron chi connectivity index (χ1n) is 9.07. The molecule has 0 fully saturated rings. The van der Waals surface area contributed by atoms with Gasteiger partial charge in [0.2, 0.25) is 0 Å². The Kier molecular flexibility index (Phi) is 3.22. The zero-order valence-electron chi connectivity index (χ0n) is 16.0. The number of rotatable bonds is 0. The monoisotopic (exact) mass is 298 g/mol. The van der Waals surface area contributed by atoms with Crippen LogP contribution in [0.15, 0.2) is 12.1 Å². The zero-order valence-corrected chi connectivity index (χ0v) is 16.0. The van der Waals surface area contributed by atoms with Crippen molar-refractivity contribution in [1.82, 2.24) is 0 Å². The molecular formula is C22H34. The Labute approximate surface area is 137 Å². The van der Waals surface area contributed by atoms with Gasteiger partial charge in [-0.05, 0) is 69.6 Å². The van der Waals surface area contributed by atoms with Gasteiger partial charge in [-0.3, -0.25) is 0 Å². The summed E-state index contributed by atoms with van der Waals surface area (Å²) in [5, 5.41) is 0. The van der Waals surface area contributed by atoms with Crippen molar-refractivity contribution < 1.29 is 0 Å². The maximum atomic E-state index is 2.60. The first-order chi connectivity index (χ1) is 9.87. The van der Waals surface area contributed by atoms with E-state index in [0.717, 1.165) is 0 Å². The maximum Gasteiger partial charge on any atom is -0.0100 e. The third-order valence-corrected chi connectivity index (χ3v) is 6.82. The largest absolute Gasteiger partial charge is 0.0558 e. The van der Waals surface area contributed by atoms with Gasteiger partial charge < -0.3 is 0 Å². The summed E-state index contributed by atoms with van der Waals surface area (Å²) in [7, 11) is 0. The second kappa shape index (κ2) is 4.40. The summed E-state index contributed by atoms with van der Waals surface area (Å²) in [6.07, 6.45) is 5.20. The van der Waals surface area contributed by atoms with Crippen molar-refractivity contribution in [3.63, 3.8) is 0 Å². The number of hydrogen-bond acceptors (Lipinski definition) is 0. The molecule has 0 nitrogen and oxygen atoms in total. The number of fused-ring (bicyclic) bond motifs is 2. The van der Waals surface area contributed by atoms with Crippen molar-refractivity contribution in [2.24, 2.45) is 0 Å². The van der Waals surface area contributed by atoms with Crippen LogP contribution < -0.4 is 0 Å². The molecule has 0 aliphatic heterocycles. The summed E-state index contributed by atoms with van der Waals surface area (Å²) >= 11 is 0. The van der Waals surface area contributed by atoms with E-state index >= 15 is 0 Å². The van der Waals surface area contributed by atoms with Crippen LogP contribution in [0.4, 0.5) is 0 Å². The van der Waals surface area contributed by atoms with Crippen LogP contribution in [0.2, 0.25) is 0 Å². The van der Waals surface area contributed by atoms with Crippen molar-refractivity contribution in [2.45, 2.75) is 103 Å². The van der Waals surface area contributed by atoms with Crippen molar-refractivity contribution in [3.8, 4) is 0 Å². The van der Waals surface area contributed by atoms with Gasteiger partial charge >= 0.3 is 0 Å². The second-order valence-electron chi connectivity index (χ2n) is 10.5. The molecule has 0 atom stereocenters. The molecule has 0 amide bonds. The minimum atomic E-state index is 0.317. The van der Waals surface area contributed by atoms with Gasteiger partial charge in [0.25, 0.3) is 0 Å². The quantitative estimate of drug-likeness (QED) is 0.521. The fourth-order valence-electron chi connectivity index (χ4n) is 4.63. The van der Waals surface area contributed by atoms with Gasteiger partial charge in [0.1, 0.15) is 0 Å². The molecule has 1 aromatic rings. The molecule has 0 unspecified atom stereocenters. The summed E-state index contributed by atoms with van der Waals surface area (Å²) in [6.45, 7) is 19.5. The molecule has 2 aliphatic carbocycles. The van der Waals surface area contributed by atoms with Gasteiger partial charge in [-0.25, -0.2) is 0 Å². The Morgan fingerprint density at radius 2 is 0.636 bits per heavy atom. The maximum absolute atomic E-state index is 2.60. The summed E-state index contributed by atoms with van der Waals surface area (Å²) < 4.78 is 0. The van der Waals surface area contributed by atoms with Gasteiger partial charge in [0.05, 0.1) is 0 Å². The van der Waals surface area contributed by atoms with Crippen molar-refractivity contribution >= 4 is 0 Å². The average Bonchev–Trinajstić information content (AvgIpc) is 2.40. The van der Waals surface area contributed by atoms with Crippen LogP contribution in [-0.2, 0) is 21.7 Å². The number of benzene rings is 1. The van der Waals surface area contributed by atoms with Crippen LogP contribution in [-0.4, -0.2) is 0 Å². The van der Waals surface area contributed by atoms with Crippen LogP contribution in [0.25, 0.3) is 0 Å². The van der Waals surface area contributed by atoms with E-state index in [-0.39, 0.29) is 0 Å². The lowest BCUT2D eigenvalue weighted by Gasteiger charge is -2.47. The highest BCUT2D eigenvalue weighted by molar-refractivity contribution is 5.52. The molecule has 122 valence electrons. The topological polar surface area (TPSA) is 0 Å². The molecule has 0 radical (unpaired) electrons. The van der Waals surface area contributed by atoms with Crippen LogP contribution in [0.1, 0.15) is 103 Å². The zero-order chi connectivity index (χ0) is 16.6. The lowest BCUT2D eigenvalue weighted by molar-refractivity contribution is 0.312. The standard InChI is InChI=1S/C22H34/c1-19(2)9-10-20(3,4)16-14-18-17(13-15(16)19)21(5,6)11-12-22(18,7)8/h13-14H,9-12H2,1-8H3. The van der Waals surface area contributed by atoms with Crippen molar-refractivity contribution in [1.29, 1.82) is 0 Å². The van der Waals surface area contributed by atoms with E-state index in [1.807, 2.05) is 0 Å². The normalized spacial score (nSPS) is 26.9. The third kappa shape index (κ3) is 2.25. The third-order valence-electron chi connectivity index (χ3n) is 6.82. The van der Waals surface area contributed by atoms with E-state index < -0.39 is 0 Å². The van der Waals surface area contributed by atoms with Crippen LogP contribution in [0, 0.1) is 0 Å². The highest BCUT2D eigenvalue weighted by Crippen LogP contribution is 2.52. The molecule has 0 aromatic heterocycles. The van der Waals surface area contributed by atoms with E-state index in [4.69, 9.17) is 0 Å². The van der Waals surface area contributed by atoms with Crippen LogP contribution in [0.5, 0.6) is 0 Å². The molecular weight excluding hydrogens is 264 g/mol. The van der Waals surface area contributed by atoms with Gasteiger partial charge in [0.15, 0.2) is 0 Å². The van der Waals surface area contributed by atoms with E-state index in [0.29, 0.717) is 21.7 Å². The molecule has 0 heteroatoms. The summed E-state index contributed by atoms with van der Waals surface area (Å²) in [6, 6.07) is 5.21.